The van der Waals surface area contributed by atoms with Crippen molar-refractivity contribution in [2.45, 2.75) is 38.8 Å². The Labute approximate surface area is 102 Å². The van der Waals surface area contributed by atoms with Crippen molar-refractivity contribution in [1.29, 1.82) is 0 Å². The summed E-state index contributed by atoms with van der Waals surface area (Å²) in [5, 5.41) is 9.96. The average Bonchev–Trinajstić information content (AvgIpc) is 2.54. The highest BCUT2D eigenvalue weighted by Crippen LogP contribution is 2.34. The van der Waals surface area contributed by atoms with Crippen LogP contribution in [0.4, 0.5) is 5.69 Å². The number of benzene rings is 1. The third-order valence-corrected chi connectivity index (χ3v) is 3.70. The molecule has 1 aromatic rings. The first-order chi connectivity index (χ1) is 7.93. The number of rotatable bonds is 2. The lowest BCUT2D eigenvalue weighted by atomic mass is 9.98. The topological polar surface area (TPSA) is 40.5 Å². The number of anilines is 1. The maximum Gasteiger partial charge on any atom is 0.159 e. The zero-order chi connectivity index (χ0) is 12.6. The van der Waals surface area contributed by atoms with E-state index < -0.39 is 0 Å². The van der Waals surface area contributed by atoms with E-state index in [2.05, 4.69) is 4.90 Å². The molecule has 0 amide bonds. The smallest absolute Gasteiger partial charge is 0.159 e. The third-order valence-electron chi connectivity index (χ3n) is 3.70. The van der Waals surface area contributed by atoms with Gasteiger partial charge in [-0.15, -0.1) is 0 Å². The number of hydrogen-bond donors (Lipinski definition) is 1. The SMILES string of the molecule is CC(=O)c1cccc(N2CCC(O)C2(C)C)c1. The fourth-order valence-corrected chi connectivity index (χ4v) is 2.43. The second-order valence-corrected chi connectivity index (χ2v) is 5.22. The van der Waals surface area contributed by atoms with Crippen molar-refractivity contribution in [3.8, 4) is 0 Å². The molecule has 1 aliphatic rings. The lowest BCUT2D eigenvalue weighted by Gasteiger charge is -2.35. The van der Waals surface area contributed by atoms with Gasteiger partial charge in [0, 0.05) is 17.8 Å². The summed E-state index contributed by atoms with van der Waals surface area (Å²) in [5.74, 6) is 0.0735. The van der Waals surface area contributed by atoms with E-state index in [1.54, 1.807) is 6.92 Å². The molecule has 0 saturated carbocycles. The molecule has 1 saturated heterocycles. The van der Waals surface area contributed by atoms with Crippen LogP contribution in [0.5, 0.6) is 0 Å². The van der Waals surface area contributed by atoms with Gasteiger partial charge in [-0.05, 0) is 39.3 Å². The average molecular weight is 233 g/mol. The van der Waals surface area contributed by atoms with Gasteiger partial charge < -0.3 is 10.0 Å². The predicted octanol–water partition coefficient (Wildman–Crippen LogP) is 2.24. The molecule has 0 aliphatic carbocycles. The van der Waals surface area contributed by atoms with Crippen molar-refractivity contribution in [1.82, 2.24) is 0 Å². The van der Waals surface area contributed by atoms with E-state index in [4.69, 9.17) is 0 Å². The molecule has 2 rings (SSSR count). The van der Waals surface area contributed by atoms with Crippen molar-refractivity contribution in [3.63, 3.8) is 0 Å². The number of carbonyl (C=O) groups is 1. The Morgan fingerprint density at radius 3 is 2.71 bits per heavy atom. The van der Waals surface area contributed by atoms with Crippen molar-refractivity contribution in [2.75, 3.05) is 11.4 Å². The molecular weight excluding hydrogens is 214 g/mol. The van der Waals surface area contributed by atoms with Crippen LogP contribution in [0.1, 0.15) is 37.6 Å². The van der Waals surface area contributed by atoms with Crippen LogP contribution < -0.4 is 4.90 Å². The summed E-state index contributed by atoms with van der Waals surface area (Å²) in [4.78, 5) is 13.5. The first-order valence-corrected chi connectivity index (χ1v) is 5.99. The van der Waals surface area contributed by atoms with Crippen LogP contribution in [0.25, 0.3) is 0 Å². The van der Waals surface area contributed by atoms with Gasteiger partial charge in [-0.25, -0.2) is 0 Å². The second-order valence-electron chi connectivity index (χ2n) is 5.22. The van der Waals surface area contributed by atoms with E-state index >= 15 is 0 Å². The van der Waals surface area contributed by atoms with E-state index in [0.29, 0.717) is 0 Å². The monoisotopic (exact) mass is 233 g/mol. The van der Waals surface area contributed by atoms with Crippen molar-refractivity contribution in [3.05, 3.63) is 29.8 Å². The first kappa shape index (κ1) is 12.1. The second kappa shape index (κ2) is 4.15. The lowest BCUT2D eigenvalue weighted by molar-refractivity contribution is 0.101. The summed E-state index contributed by atoms with van der Waals surface area (Å²) in [6.45, 7) is 6.47. The first-order valence-electron chi connectivity index (χ1n) is 5.99. The van der Waals surface area contributed by atoms with E-state index in [0.717, 1.165) is 24.2 Å². The van der Waals surface area contributed by atoms with E-state index in [9.17, 15) is 9.90 Å². The molecule has 0 radical (unpaired) electrons. The molecule has 1 N–H and O–H groups in total. The highest BCUT2D eigenvalue weighted by molar-refractivity contribution is 5.95. The summed E-state index contributed by atoms with van der Waals surface area (Å²) in [7, 11) is 0. The Bertz CT molecular complexity index is 440. The van der Waals surface area contributed by atoms with Crippen molar-refractivity contribution < 1.29 is 9.90 Å². The highest BCUT2D eigenvalue weighted by Gasteiger charge is 2.40. The van der Waals surface area contributed by atoms with E-state index in [1.807, 2.05) is 38.1 Å². The number of hydrogen-bond acceptors (Lipinski definition) is 3. The quantitative estimate of drug-likeness (QED) is 0.796. The fourth-order valence-electron chi connectivity index (χ4n) is 2.43. The summed E-state index contributed by atoms with van der Waals surface area (Å²) in [5.41, 5.74) is 1.47. The minimum atomic E-state index is -0.316. The molecule has 1 aliphatic heterocycles. The van der Waals surface area contributed by atoms with Crippen LogP contribution in [-0.2, 0) is 0 Å². The number of aliphatic hydroxyl groups is 1. The highest BCUT2D eigenvalue weighted by atomic mass is 16.3. The van der Waals surface area contributed by atoms with Crippen LogP contribution >= 0.6 is 0 Å². The Morgan fingerprint density at radius 2 is 2.18 bits per heavy atom. The minimum Gasteiger partial charge on any atom is -0.391 e. The Morgan fingerprint density at radius 1 is 1.47 bits per heavy atom. The van der Waals surface area contributed by atoms with Crippen LogP contribution in [0.15, 0.2) is 24.3 Å². The summed E-state index contributed by atoms with van der Waals surface area (Å²) >= 11 is 0. The number of aliphatic hydroxyl groups excluding tert-OH is 1. The summed E-state index contributed by atoms with van der Waals surface area (Å²) < 4.78 is 0. The predicted molar refractivity (Wildman–Crippen MR) is 68.5 cm³/mol. The van der Waals surface area contributed by atoms with Gasteiger partial charge in [0.25, 0.3) is 0 Å². The Balaban J connectivity index is 2.35. The Kier molecular flexibility index (Phi) is 2.96. The molecule has 1 fully saturated rings. The number of ketones is 1. The van der Waals surface area contributed by atoms with Gasteiger partial charge in [0.2, 0.25) is 0 Å². The van der Waals surface area contributed by atoms with Gasteiger partial charge in [-0.3, -0.25) is 4.79 Å². The molecule has 0 bridgehead atoms. The molecule has 1 heterocycles. The number of carbonyl (C=O) groups excluding carboxylic acids is 1. The van der Waals surface area contributed by atoms with Crippen molar-refractivity contribution >= 4 is 11.5 Å². The summed E-state index contributed by atoms with van der Waals surface area (Å²) in [6.07, 6.45) is 0.459. The van der Waals surface area contributed by atoms with Crippen LogP contribution in [-0.4, -0.2) is 29.1 Å². The van der Waals surface area contributed by atoms with Gasteiger partial charge >= 0.3 is 0 Å². The van der Waals surface area contributed by atoms with Crippen LogP contribution in [0.3, 0.4) is 0 Å². The van der Waals surface area contributed by atoms with Gasteiger partial charge in [-0.1, -0.05) is 12.1 Å². The largest absolute Gasteiger partial charge is 0.391 e. The molecular formula is C14H19NO2. The Hall–Kier alpha value is -1.35. The van der Waals surface area contributed by atoms with E-state index in [-0.39, 0.29) is 17.4 Å². The van der Waals surface area contributed by atoms with Gasteiger partial charge in [-0.2, -0.15) is 0 Å². The zero-order valence-electron chi connectivity index (χ0n) is 10.6. The standard InChI is InChI=1S/C14H19NO2/c1-10(16)11-5-4-6-12(9-11)15-8-7-13(17)14(15,2)3/h4-6,9,13,17H,7-8H2,1-3H3. The van der Waals surface area contributed by atoms with Gasteiger partial charge in [0.05, 0.1) is 11.6 Å². The zero-order valence-corrected chi connectivity index (χ0v) is 10.6. The maximum absolute atomic E-state index is 11.4. The molecule has 1 atom stereocenters. The van der Waals surface area contributed by atoms with E-state index in [1.165, 1.54) is 0 Å². The number of nitrogens with zero attached hydrogens (tertiary/aromatic N) is 1. The number of Topliss-reactive ketones (excluding diaryl/α,β-unsaturated/α-hetero) is 1. The molecule has 0 aromatic heterocycles. The van der Waals surface area contributed by atoms with Crippen LogP contribution in [0, 0.1) is 0 Å². The molecule has 17 heavy (non-hydrogen) atoms. The fraction of sp³-hybridized carbons (Fsp3) is 0.500. The molecule has 3 nitrogen and oxygen atoms in total. The normalized spacial score (nSPS) is 22.8. The van der Waals surface area contributed by atoms with Gasteiger partial charge in [0.1, 0.15) is 0 Å². The molecule has 1 aromatic carbocycles. The van der Waals surface area contributed by atoms with Crippen LogP contribution in [0.2, 0.25) is 0 Å². The molecule has 92 valence electrons. The van der Waals surface area contributed by atoms with Gasteiger partial charge in [0.15, 0.2) is 5.78 Å². The maximum atomic E-state index is 11.4. The van der Waals surface area contributed by atoms with Crippen molar-refractivity contribution in [2.24, 2.45) is 0 Å². The third kappa shape index (κ3) is 2.07. The summed E-state index contributed by atoms with van der Waals surface area (Å²) in [6, 6.07) is 7.62. The molecule has 1 unspecified atom stereocenters. The lowest BCUT2D eigenvalue weighted by Crippen LogP contribution is -2.45. The minimum absolute atomic E-state index is 0.0735. The molecule has 0 spiro atoms. The molecule has 3 heteroatoms.